The van der Waals surface area contributed by atoms with Gasteiger partial charge in [0.05, 0.1) is 5.69 Å². The largest absolute Gasteiger partial charge is 0.389 e. The van der Waals surface area contributed by atoms with Gasteiger partial charge in [0.15, 0.2) is 0 Å². The van der Waals surface area contributed by atoms with E-state index in [1.807, 2.05) is 0 Å². The van der Waals surface area contributed by atoms with Gasteiger partial charge >= 0.3 is 5.69 Å². The van der Waals surface area contributed by atoms with Crippen molar-refractivity contribution in [1.29, 1.82) is 0 Å². The summed E-state index contributed by atoms with van der Waals surface area (Å²) >= 11 is 8.22. The smallest absolute Gasteiger partial charge is 0.347 e. The number of nitrogens with zero attached hydrogens (tertiary/aromatic N) is 2. The first-order valence-corrected chi connectivity index (χ1v) is 5.51. The van der Waals surface area contributed by atoms with Crippen molar-refractivity contribution in [1.82, 2.24) is 14.8 Å². The SMILES string of the molecule is NC(=S)c1ccc(-n2cn[nH]c2=O)c(Br)c1. The molecular formula is C9H7BrN4OS. The number of nitrogens with one attached hydrogen (secondary N) is 1. The van der Waals surface area contributed by atoms with Crippen LogP contribution < -0.4 is 11.4 Å². The van der Waals surface area contributed by atoms with Crippen LogP contribution in [0.15, 0.2) is 33.8 Å². The number of rotatable bonds is 2. The second-order valence-corrected chi connectivity index (χ2v) is 4.36. The molecule has 0 aliphatic rings. The van der Waals surface area contributed by atoms with E-state index in [2.05, 4.69) is 26.1 Å². The highest BCUT2D eigenvalue weighted by Gasteiger charge is 2.07. The van der Waals surface area contributed by atoms with Crippen molar-refractivity contribution >= 4 is 33.1 Å². The van der Waals surface area contributed by atoms with Crippen molar-refractivity contribution < 1.29 is 0 Å². The van der Waals surface area contributed by atoms with E-state index >= 15 is 0 Å². The number of nitrogens with two attached hydrogens (primary N) is 1. The maximum Gasteiger partial charge on any atom is 0.347 e. The van der Waals surface area contributed by atoms with Crippen LogP contribution in [0.1, 0.15) is 5.56 Å². The first-order chi connectivity index (χ1) is 7.59. The number of H-pyrrole nitrogens is 1. The van der Waals surface area contributed by atoms with E-state index in [1.54, 1.807) is 18.2 Å². The number of aromatic amines is 1. The number of hydrogen-bond donors (Lipinski definition) is 2. The van der Waals surface area contributed by atoms with E-state index in [1.165, 1.54) is 10.9 Å². The van der Waals surface area contributed by atoms with E-state index in [-0.39, 0.29) is 5.69 Å². The summed E-state index contributed by atoms with van der Waals surface area (Å²) in [6.07, 6.45) is 1.41. The third kappa shape index (κ3) is 1.91. The lowest BCUT2D eigenvalue weighted by Crippen LogP contribution is -2.15. The summed E-state index contributed by atoms with van der Waals surface area (Å²) in [6.45, 7) is 0. The molecule has 16 heavy (non-hydrogen) atoms. The molecule has 1 heterocycles. The highest BCUT2D eigenvalue weighted by atomic mass is 79.9. The topological polar surface area (TPSA) is 76.7 Å². The highest BCUT2D eigenvalue weighted by Crippen LogP contribution is 2.21. The summed E-state index contributed by atoms with van der Waals surface area (Å²) in [5, 5.41) is 5.97. The quantitative estimate of drug-likeness (QED) is 0.810. The first-order valence-electron chi connectivity index (χ1n) is 4.31. The number of halogens is 1. The zero-order chi connectivity index (χ0) is 11.7. The van der Waals surface area contributed by atoms with E-state index in [4.69, 9.17) is 18.0 Å². The minimum absolute atomic E-state index is 0.302. The number of benzene rings is 1. The summed E-state index contributed by atoms with van der Waals surface area (Å²) in [7, 11) is 0. The summed E-state index contributed by atoms with van der Waals surface area (Å²) in [5.74, 6) is 0. The molecule has 0 unspecified atom stereocenters. The fourth-order valence-corrected chi connectivity index (χ4v) is 1.97. The van der Waals surface area contributed by atoms with Crippen molar-refractivity contribution in [2.45, 2.75) is 0 Å². The van der Waals surface area contributed by atoms with Crippen molar-refractivity contribution in [2.75, 3.05) is 0 Å². The molecule has 7 heteroatoms. The average molecular weight is 299 g/mol. The number of aromatic nitrogens is 3. The Morgan fingerprint density at radius 1 is 1.56 bits per heavy atom. The molecule has 2 aromatic rings. The van der Waals surface area contributed by atoms with Crippen LogP contribution in [0.3, 0.4) is 0 Å². The third-order valence-electron chi connectivity index (χ3n) is 2.04. The molecule has 1 aromatic carbocycles. The molecule has 1 aromatic heterocycles. The Balaban J connectivity index is 2.57. The normalized spacial score (nSPS) is 10.3. The standard InChI is InChI=1S/C9H7BrN4OS/c10-6-3-5(8(11)16)1-2-7(6)14-4-12-13-9(14)15/h1-4H,(H2,11,16)(H,13,15). The van der Waals surface area contributed by atoms with Gasteiger partial charge in [-0.25, -0.2) is 14.5 Å². The molecule has 0 aliphatic carbocycles. The Morgan fingerprint density at radius 3 is 2.81 bits per heavy atom. The minimum Gasteiger partial charge on any atom is -0.389 e. The van der Waals surface area contributed by atoms with Gasteiger partial charge in [-0.2, -0.15) is 5.10 Å². The van der Waals surface area contributed by atoms with Crippen molar-refractivity contribution in [3.05, 3.63) is 45.0 Å². The molecule has 0 fully saturated rings. The van der Waals surface area contributed by atoms with E-state index in [9.17, 15) is 4.79 Å². The Labute approximate surface area is 104 Å². The zero-order valence-electron chi connectivity index (χ0n) is 7.98. The molecule has 0 radical (unpaired) electrons. The van der Waals surface area contributed by atoms with Crippen molar-refractivity contribution in [2.24, 2.45) is 5.73 Å². The zero-order valence-corrected chi connectivity index (χ0v) is 10.4. The van der Waals surface area contributed by atoms with E-state index in [0.717, 1.165) is 10.0 Å². The van der Waals surface area contributed by atoms with Gasteiger partial charge in [0.2, 0.25) is 0 Å². The first kappa shape index (κ1) is 11.0. The Hall–Kier alpha value is -1.47. The van der Waals surface area contributed by atoms with Crippen LogP contribution in [-0.4, -0.2) is 19.8 Å². The van der Waals surface area contributed by atoms with Crippen LogP contribution in [-0.2, 0) is 0 Å². The van der Waals surface area contributed by atoms with Gasteiger partial charge in [-0.3, -0.25) is 0 Å². The minimum atomic E-state index is -0.302. The van der Waals surface area contributed by atoms with Crippen LogP contribution in [0.2, 0.25) is 0 Å². The number of thiocarbonyl (C=S) groups is 1. The summed E-state index contributed by atoms with van der Waals surface area (Å²) < 4.78 is 2.11. The van der Waals surface area contributed by atoms with E-state index < -0.39 is 0 Å². The Morgan fingerprint density at radius 2 is 2.31 bits per heavy atom. The van der Waals surface area contributed by atoms with Crippen molar-refractivity contribution in [3.63, 3.8) is 0 Å². The summed E-state index contributed by atoms with van der Waals surface area (Å²) in [6, 6.07) is 5.26. The van der Waals surface area contributed by atoms with Crippen LogP contribution in [0, 0.1) is 0 Å². The molecule has 0 amide bonds. The lowest BCUT2D eigenvalue weighted by Gasteiger charge is -2.05. The lowest BCUT2D eigenvalue weighted by atomic mass is 10.2. The third-order valence-corrected chi connectivity index (χ3v) is 2.91. The fourth-order valence-electron chi connectivity index (χ4n) is 1.28. The predicted molar refractivity (Wildman–Crippen MR) is 67.8 cm³/mol. The second kappa shape index (κ2) is 4.18. The molecule has 0 saturated carbocycles. The fraction of sp³-hybridized carbons (Fsp3) is 0. The molecule has 0 atom stereocenters. The molecule has 5 nitrogen and oxygen atoms in total. The van der Waals surface area contributed by atoms with Crippen molar-refractivity contribution in [3.8, 4) is 5.69 Å². The second-order valence-electron chi connectivity index (χ2n) is 3.06. The average Bonchev–Trinajstić information content (AvgIpc) is 2.64. The maximum atomic E-state index is 11.4. The Bertz CT molecular complexity index is 604. The molecule has 0 bridgehead atoms. The predicted octanol–water partition coefficient (Wildman–Crippen LogP) is 0.957. The van der Waals surface area contributed by atoms with Gasteiger partial charge in [-0.05, 0) is 34.1 Å². The van der Waals surface area contributed by atoms with Crippen LogP contribution in [0.25, 0.3) is 5.69 Å². The summed E-state index contributed by atoms with van der Waals surface area (Å²) in [4.78, 5) is 11.7. The van der Waals surface area contributed by atoms with E-state index in [0.29, 0.717) is 10.7 Å². The highest BCUT2D eigenvalue weighted by molar-refractivity contribution is 9.10. The number of hydrogen-bond acceptors (Lipinski definition) is 3. The molecule has 3 N–H and O–H groups in total. The van der Waals surface area contributed by atoms with Gasteiger partial charge in [-0.15, -0.1) is 0 Å². The van der Waals surface area contributed by atoms with Crippen LogP contribution in [0.5, 0.6) is 0 Å². The molecule has 82 valence electrons. The van der Waals surface area contributed by atoms with Gasteiger partial charge in [0.1, 0.15) is 11.3 Å². The molecule has 2 rings (SSSR count). The monoisotopic (exact) mass is 298 g/mol. The van der Waals surface area contributed by atoms with Gasteiger partial charge in [0, 0.05) is 10.0 Å². The molecular weight excluding hydrogens is 292 g/mol. The van der Waals surface area contributed by atoms with Crippen LogP contribution >= 0.6 is 28.1 Å². The molecule has 0 aliphatic heterocycles. The van der Waals surface area contributed by atoms with Gasteiger partial charge < -0.3 is 5.73 Å². The van der Waals surface area contributed by atoms with Gasteiger partial charge in [-0.1, -0.05) is 12.2 Å². The Kier molecular flexibility index (Phi) is 2.88. The van der Waals surface area contributed by atoms with Gasteiger partial charge in [0.25, 0.3) is 0 Å². The van der Waals surface area contributed by atoms with Crippen LogP contribution in [0.4, 0.5) is 0 Å². The summed E-state index contributed by atoms with van der Waals surface area (Å²) in [5.41, 5.74) is 6.62. The molecule has 0 saturated heterocycles. The maximum absolute atomic E-state index is 11.4. The lowest BCUT2D eigenvalue weighted by molar-refractivity contribution is 0.977. The molecule has 0 spiro atoms.